The van der Waals surface area contributed by atoms with Gasteiger partial charge in [0.1, 0.15) is 6.04 Å². The lowest BCUT2D eigenvalue weighted by molar-refractivity contribution is -0.139. The van der Waals surface area contributed by atoms with Crippen LogP contribution in [-0.2, 0) is 9.59 Å². The molecule has 108 valence electrons. The Morgan fingerprint density at radius 3 is 2.55 bits per heavy atom. The van der Waals surface area contributed by atoms with Crippen LogP contribution in [0.3, 0.4) is 0 Å². The van der Waals surface area contributed by atoms with Gasteiger partial charge in [0.25, 0.3) is 5.91 Å². The second-order valence-electron chi connectivity index (χ2n) is 4.46. The lowest BCUT2D eigenvalue weighted by atomic mass is 10.1. The fraction of sp³-hybridized carbons (Fsp3) is 0.308. The van der Waals surface area contributed by atoms with E-state index in [2.05, 4.69) is 5.32 Å². The summed E-state index contributed by atoms with van der Waals surface area (Å²) in [6.07, 6.45) is -0.192. The number of amides is 2. The number of carbonyl (C=O) groups is 3. The number of nitrogen functional groups attached to an aromatic ring is 1. The Kier molecular flexibility index (Phi) is 5.08. The monoisotopic (exact) mass is 279 g/mol. The van der Waals surface area contributed by atoms with Crippen molar-refractivity contribution < 1.29 is 19.5 Å². The molecule has 0 aliphatic heterocycles. The fourth-order valence-electron chi connectivity index (χ4n) is 1.65. The third-order valence-corrected chi connectivity index (χ3v) is 2.74. The van der Waals surface area contributed by atoms with E-state index in [1.807, 2.05) is 0 Å². The van der Waals surface area contributed by atoms with Crippen molar-refractivity contribution in [2.45, 2.75) is 25.8 Å². The minimum absolute atomic E-state index is 0.0673. The van der Waals surface area contributed by atoms with Crippen molar-refractivity contribution in [1.29, 1.82) is 0 Å². The van der Waals surface area contributed by atoms with Gasteiger partial charge in [0.2, 0.25) is 5.91 Å². The van der Waals surface area contributed by atoms with Crippen LogP contribution in [0.5, 0.6) is 0 Å². The Morgan fingerprint density at radius 1 is 1.35 bits per heavy atom. The van der Waals surface area contributed by atoms with Crippen LogP contribution in [-0.4, -0.2) is 28.9 Å². The Hall–Kier alpha value is -2.57. The predicted octanol–water partition coefficient (Wildman–Crippen LogP) is 0.0257. The number of rotatable bonds is 6. The summed E-state index contributed by atoms with van der Waals surface area (Å²) in [4.78, 5) is 33.7. The standard InChI is InChI=1S/C13H17N3O4/c1-7-2-3-9(14)8(6-7)12(18)16-10(13(19)20)4-5-11(15)17/h2-3,6,10H,4-5,14H2,1H3,(H2,15,17)(H,16,18)(H,19,20)/t10-/m0/s1. The number of carbonyl (C=O) groups excluding carboxylic acids is 2. The van der Waals surface area contributed by atoms with E-state index >= 15 is 0 Å². The van der Waals surface area contributed by atoms with Crippen molar-refractivity contribution in [2.24, 2.45) is 5.73 Å². The number of carboxylic acids is 1. The van der Waals surface area contributed by atoms with Crippen LogP contribution >= 0.6 is 0 Å². The van der Waals surface area contributed by atoms with Gasteiger partial charge in [-0.05, 0) is 25.5 Å². The number of carboxylic acid groups (broad SMARTS) is 1. The van der Waals surface area contributed by atoms with Gasteiger partial charge >= 0.3 is 5.97 Å². The van der Waals surface area contributed by atoms with Gasteiger partial charge in [0.15, 0.2) is 0 Å². The average molecular weight is 279 g/mol. The van der Waals surface area contributed by atoms with Crippen LogP contribution < -0.4 is 16.8 Å². The van der Waals surface area contributed by atoms with Crippen LogP contribution in [0.2, 0.25) is 0 Å². The molecule has 0 unspecified atom stereocenters. The van der Waals surface area contributed by atoms with Gasteiger partial charge in [0.05, 0.1) is 5.56 Å². The van der Waals surface area contributed by atoms with Crippen LogP contribution in [0.1, 0.15) is 28.8 Å². The Bertz CT molecular complexity index is 542. The molecule has 0 radical (unpaired) electrons. The Morgan fingerprint density at radius 2 is 2.00 bits per heavy atom. The molecule has 1 atom stereocenters. The molecule has 6 N–H and O–H groups in total. The largest absolute Gasteiger partial charge is 0.480 e. The van der Waals surface area contributed by atoms with Crippen LogP contribution in [0.4, 0.5) is 5.69 Å². The quantitative estimate of drug-likeness (QED) is 0.544. The number of benzene rings is 1. The molecule has 1 aromatic carbocycles. The van der Waals surface area contributed by atoms with E-state index < -0.39 is 23.8 Å². The summed E-state index contributed by atoms with van der Waals surface area (Å²) in [6.45, 7) is 1.79. The summed E-state index contributed by atoms with van der Waals surface area (Å²) < 4.78 is 0. The molecule has 0 aliphatic rings. The predicted molar refractivity (Wildman–Crippen MR) is 72.9 cm³/mol. The van der Waals surface area contributed by atoms with Crippen molar-refractivity contribution in [3.05, 3.63) is 29.3 Å². The van der Waals surface area contributed by atoms with E-state index in [1.54, 1.807) is 25.1 Å². The SMILES string of the molecule is Cc1ccc(N)c(C(=O)N[C@@H](CCC(N)=O)C(=O)O)c1. The number of aliphatic carboxylic acids is 1. The molecule has 0 heterocycles. The number of nitrogens with one attached hydrogen (secondary N) is 1. The van der Waals surface area contributed by atoms with E-state index in [9.17, 15) is 14.4 Å². The zero-order valence-corrected chi connectivity index (χ0v) is 11.1. The summed E-state index contributed by atoms with van der Waals surface area (Å²) in [7, 11) is 0. The maximum Gasteiger partial charge on any atom is 0.326 e. The molecule has 0 aromatic heterocycles. The van der Waals surface area contributed by atoms with Gasteiger partial charge in [-0.15, -0.1) is 0 Å². The zero-order valence-electron chi connectivity index (χ0n) is 11.1. The molecule has 7 nitrogen and oxygen atoms in total. The van der Waals surface area contributed by atoms with Crippen LogP contribution in [0.15, 0.2) is 18.2 Å². The highest BCUT2D eigenvalue weighted by Gasteiger charge is 2.22. The molecule has 20 heavy (non-hydrogen) atoms. The zero-order chi connectivity index (χ0) is 15.3. The number of aryl methyl sites for hydroxylation is 1. The fourth-order valence-corrected chi connectivity index (χ4v) is 1.65. The van der Waals surface area contributed by atoms with Gasteiger partial charge in [-0.1, -0.05) is 11.6 Å². The number of hydrogen-bond acceptors (Lipinski definition) is 4. The smallest absolute Gasteiger partial charge is 0.326 e. The van der Waals surface area contributed by atoms with E-state index in [1.165, 1.54) is 0 Å². The van der Waals surface area contributed by atoms with E-state index in [0.29, 0.717) is 0 Å². The number of hydrogen-bond donors (Lipinski definition) is 4. The summed E-state index contributed by atoms with van der Waals surface area (Å²) >= 11 is 0. The molecule has 0 bridgehead atoms. The molecule has 0 aliphatic carbocycles. The van der Waals surface area contributed by atoms with Crippen molar-refractivity contribution in [1.82, 2.24) is 5.32 Å². The highest BCUT2D eigenvalue weighted by molar-refractivity contribution is 6.01. The average Bonchev–Trinajstić information content (AvgIpc) is 2.36. The molecule has 1 rings (SSSR count). The lowest BCUT2D eigenvalue weighted by Crippen LogP contribution is -2.41. The highest BCUT2D eigenvalue weighted by Crippen LogP contribution is 2.14. The molecule has 0 saturated carbocycles. The molecule has 2 amide bonds. The maximum absolute atomic E-state index is 12.0. The topological polar surface area (TPSA) is 136 Å². The first-order valence-corrected chi connectivity index (χ1v) is 5.99. The first-order valence-electron chi connectivity index (χ1n) is 5.99. The molecular formula is C13H17N3O4. The van der Waals surface area contributed by atoms with Crippen molar-refractivity contribution >= 4 is 23.5 Å². The highest BCUT2D eigenvalue weighted by atomic mass is 16.4. The minimum atomic E-state index is -1.23. The van der Waals surface area contributed by atoms with Crippen LogP contribution in [0.25, 0.3) is 0 Å². The van der Waals surface area contributed by atoms with Crippen molar-refractivity contribution in [3.8, 4) is 0 Å². The van der Waals surface area contributed by atoms with Crippen LogP contribution in [0, 0.1) is 6.92 Å². The first-order chi connectivity index (χ1) is 9.31. The van der Waals surface area contributed by atoms with Gasteiger partial charge in [-0.3, -0.25) is 9.59 Å². The molecule has 0 fully saturated rings. The normalized spacial score (nSPS) is 11.7. The Balaban J connectivity index is 2.82. The van der Waals surface area contributed by atoms with Crippen molar-refractivity contribution in [2.75, 3.05) is 5.73 Å². The summed E-state index contributed by atoms with van der Waals surface area (Å²) in [5.41, 5.74) is 11.9. The van der Waals surface area contributed by atoms with Crippen molar-refractivity contribution in [3.63, 3.8) is 0 Å². The summed E-state index contributed by atoms with van der Waals surface area (Å²) in [5.74, 6) is -2.45. The van der Waals surface area contributed by atoms with E-state index in [-0.39, 0.29) is 24.1 Å². The lowest BCUT2D eigenvalue weighted by Gasteiger charge is -2.15. The van der Waals surface area contributed by atoms with E-state index in [0.717, 1.165) is 5.56 Å². The molecule has 1 aromatic rings. The molecule has 7 heteroatoms. The molecule has 0 spiro atoms. The third-order valence-electron chi connectivity index (χ3n) is 2.74. The number of primary amides is 1. The molecular weight excluding hydrogens is 262 g/mol. The summed E-state index contributed by atoms with van der Waals surface area (Å²) in [6, 6.07) is 3.70. The van der Waals surface area contributed by atoms with E-state index in [4.69, 9.17) is 16.6 Å². The van der Waals surface area contributed by atoms with Gasteiger partial charge in [0, 0.05) is 12.1 Å². The number of anilines is 1. The number of nitrogens with two attached hydrogens (primary N) is 2. The maximum atomic E-state index is 12.0. The molecule has 0 saturated heterocycles. The Labute approximate surface area is 115 Å². The van der Waals surface area contributed by atoms with Gasteiger partial charge < -0.3 is 21.9 Å². The third kappa shape index (κ3) is 4.27. The van der Waals surface area contributed by atoms with Gasteiger partial charge in [-0.2, -0.15) is 0 Å². The second kappa shape index (κ2) is 6.55. The second-order valence-corrected chi connectivity index (χ2v) is 4.46. The summed E-state index contributed by atoms with van der Waals surface area (Å²) in [5, 5.41) is 11.3. The van der Waals surface area contributed by atoms with Gasteiger partial charge in [-0.25, -0.2) is 4.79 Å². The first kappa shape index (κ1) is 15.5. The minimum Gasteiger partial charge on any atom is -0.480 e.